The van der Waals surface area contributed by atoms with Crippen molar-refractivity contribution in [2.24, 2.45) is 17.8 Å². The molecule has 1 saturated heterocycles. The Kier molecular flexibility index (Phi) is 4.72. The smallest absolute Gasteiger partial charge is 0.0247 e. The minimum atomic E-state index is 0.771. The number of piperazine rings is 1. The fraction of sp³-hybridized carbons (Fsp3) is 1.00. The molecular formula is C18H34N2. The van der Waals surface area contributed by atoms with E-state index in [0.29, 0.717) is 0 Å². The Morgan fingerprint density at radius 1 is 1.05 bits per heavy atom. The Hall–Kier alpha value is -0.0800. The Morgan fingerprint density at radius 2 is 1.75 bits per heavy atom. The molecule has 0 radical (unpaired) electrons. The van der Waals surface area contributed by atoms with Gasteiger partial charge in [0, 0.05) is 31.2 Å². The van der Waals surface area contributed by atoms with Gasteiger partial charge in [-0.05, 0) is 43.4 Å². The van der Waals surface area contributed by atoms with Gasteiger partial charge in [-0.1, -0.05) is 40.0 Å². The van der Waals surface area contributed by atoms with Crippen molar-refractivity contribution in [3.8, 4) is 0 Å². The van der Waals surface area contributed by atoms with Crippen LogP contribution >= 0.6 is 0 Å². The van der Waals surface area contributed by atoms with Crippen LogP contribution in [0.1, 0.15) is 65.7 Å². The Labute approximate surface area is 125 Å². The zero-order chi connectivity index (χ0) is 14.1. The summed E-state index contributed by atoms with van der Waals surface area (Å²) in [5.74, 6) is 2.71. The Balaban J connectivity index is 1.63. The highest BCUT2D eigenvalue weighted by atomic mass is 15.3. The lowest BCUT2D eigenvalue weighted by Gasteiger charge is -2.52. The normalized spacial score (nSPS) is 40.8. The van der Waals surface area contributed by atoms with Crippen LogP contribution in [0.3, 0.4) is 0 Å². The van der Waals surface area contributed by atoms with E-state index in [2.05, 4.69) is 31.0 Å². The molecule has 3 rings (SSSR count). The minimum absolute atomic E-state index is 0.771. The predicted molar refractivity (Wildman–Crippen MR) is 85.9 cm³/mol. The van der Waals surface area contributed by atoms with E-state index in [0.717, 1.165) is 35.9 Å². The van der Waals surface area contributed by atoms with Crippen molar-refractivity contribution < 1.29 is 0 Å². The van der Waals surface area contributed by atoms with Crippen LogP contribution in [0.5, 0.6) is 0 Å². The van der Waals surface area contributed by atoms with E-state index in [4.69, 9.17) is 0 Å². The van der Waals surface area contributed by atoms with Gasteiger partial charge in [0.2, 0.25) is 0 Å². The molecule has 3 fully saturated rings. The summed E-state index contributed by atoms with van der Waals surface area (Å²) in [6.07, 6.45) is 10.2. The number of hydrogen-bond donors (Lipinski definition) is 1. The number of nitrogens with one attached hydrogen (secondary N) is 1. The summed E-state index contributed by atoms with van der Waals surface area (Å²) in [6, 6.07) is 2.44. The SMILES string of the molecule is CC1CC(N2CC(C3CCCCC3)NCC2C(C)C)C1. The zero-order valence-electron chi connectivity index (χ0n) is 13.8. The predicted octanol–water partition coefficient (Wildman–Crippen LogP) is 3.66. The van der Waals surface area contributed by atoms with Gasteiger partial charge in [0.1, 0.15) is 0 Å². The first-order valence-corrected chi connectivity index (χ1v) is 9.14. The van der Waals surface area contributed by atoms with Crippen LogP contribution < -0.4 is 5.32 Å². The summed E-state index contributed by atoms with van der Waals surface area (Å²) >= 11 is 0. The third-order valence-corrected chi connectivity index (χ3v) is 6.23. The van der Waals surface area contributed by atoms with Crippen LogP contribution in [-0.2, 0) is 0 Å². The van der Waals surface area contributed by atoms with Crippen molar-refractivity contribution in [3.05, 3.63) is 0 Å². The van der Waals surface area contributed by atoms with Crippen LogP contribution in [0.25, 0.3) is 0 Å². The highest BCUT2D eigenvalue weighted by Crippen LogP contribution is 2.36. The molecule has 20 heavy (non-hydrogen) atoms. The van der Waals surface area contributed by atoms with Gasteiger partial charge >= 0.3 is 0 Å². The topological polar surface area (TPSA) is 15.3 Å². The van der Waals surface area contributed by atoms with Crippen molar-refractivity contribution in [1.29, 1.82) is 0 Å². The number of nitrogens with zero attached hydrogens (tertiary/aromatic N) is 1. The third kappa shape index (κ3) is 3.06. The first-order valence-electron chi connectivity index (χ1n) is 9.14. The maximum absolute atomic E-state index is 3.92. The maximum atomic E-state index is 3.92. The molecule has 2 unspecified atom stereocenters. The molecule has 0 spiro atoms. The van der Waals surface area contributed by atoms with Crippen molar-refractivity contribution in [1.82, 2.24) is 10.2 Å². The second kappa shape index (κ2) is 6.36. The molecule has 116 valence electrons. The average Bonchev–Trinajstić information content (AvgIpc) is 2.44. The van der Waals surface area contributed by atoms with Gasteiger partial charge in [-0.2, -0.15) is 0 Å². The quantitative estimate of drug-likeness (QED) is 0.847. The van der Waals surface area contributed by atoms with Crippen molar-refractivity contribution in [2.45, 2.75) is 83.8 Å². The second-order valence-electron chi connectivity index (χ2n) is 8.15. The monoisotopic (exact) mass is 278 g/mol. The van der Waals surface area contributed by atoms with Crippen LogP contribution in [0.2, 0.25) is 0 Å². The summed E-state index contributed by atoms with van der Waals surface area (Å²) in [4.78, 5) is 2.90. The summed E-state index contributed by atoms with van der Waals surface area (Å²) in [5.41, 5.74) is 0. The van der Waals surface area contributed by atoms with Crippen LogP contribution in [0.4, 0.5) is 0 Å². The fourth-order valence-electron chi connectivity index (χ4n) is 4.84. The van der Waals surface area contributed by atoms with Crippen LogP contribution in [0.15, 0.2) is 0 Å². The van der Waals surface area contributed by atoms with Crippen LogP contribution in [-0.4, -0.2) is 36.1 Å². The van der Waals surface area contributed by atoms with E-state index < -0.39 is 0 Å². The Morgan fingerprint density at radius 3 is 2.35 bits per heavy atom. The molecule has 2 heteroatoms. The molecule has 1 heterocycles. The second-order valence-corrected chi connectivity index (χ2v) is 8.15. The van der Waals surface area contributed by atoms with E-state index in [9.17, 15) is 0 Å². The molecule has 1 aliphatic heterocycles. The summed E-state index contributed by atoms with van der Waals surface area (Å²) in [5, 5.41) is 3.92. The molecule has 2 aliphatic carbocycles. The standard InChI is InChI=1S/C18H34N2/c1-13(2)18-11-19-17(15-7-5-4-6-8-15)12-20(18)16-9-14(3)10-16/h13-19H,4-12H2,1-3H3. The van der Waals surface area contributed by atoms with E-state index in [1.807, 2.05) is 0 Å². The van der Waals surface area contributed by atoms with Crippen molar-refractivity contribution in [3.63, 3.8) is 0 Å². The van der Waals surface area contributed by atoms with E-state index >= 15 is 0 Å². The lowest BCUT2D eigenvalue weighted by atomic mass is 9.77. The molecule has 0 amide bonds. The van der Waals surface area contributed by atoms with Crippen LogP contribution in [0, 0.1) is 17.8 Å². The zero-order valence-corrected chi connectivity index (χ0v) is 13.8. The molecule has 3 aliphatic rings. The molecule has 0 aromatic carbocycles. The molecule has 0 aromatic heterocycles. The molecular weight excluding hydrogens is 244 g/mol. The van der Waals surface area contributed by atoms with Crippen molar-refractivity contribution >= 4 is 0 Å². The highest BCUT2D eigenvalue weighted by molar-refractivity contribution is 4.97. The van der Waals surface area contributed by atoms with Gasteiger partial charge in [-0.3, -0.25) is 4.90 Å². The largest absolute Gasteiger partial charge is 0.311 e. The van der Waals surface area contributed by atoms with Gasteiger partial charge in [0.25, 0.3) is 0 Å². The minimum Gasteiger partial charge on any atom is -0.311 e. The molecule has 2 nitrogen and oxygen atoms in total. The molecule has 0 aromatic rings. The highest BCUT2D eigenvalue weighted by Gasteiger charge is 2.40. The lowest BCUT2D eigenvalue weighted by molar-refractivity contribution is -0.0102. The van der Waals surface area contributed by atoms with Gasteiger partial charge in [0.05, 0.1) is 0 Å². The average molecular weight is 278 g/mol. The Bertz CT molecular complexity index is 303. The number of rotatable bonds is 3. The fourth-order valence-corrected chi connectivity index (χ4v) is 4.84. The van der Waals surface area contributed by atoms with Crippen molar-refractivity contribution in [2.75, 3.05) is 13.1 Å². The van der Waals surface area contributed by atoms with Gasteiger partial charge in [-0.25, -0.2) is 0 Å². The van der Waals surface area contributed by atoms with E-state index in [1.54, 1.807) is 0 Å². The van der Waals surface area contributed by atoms with E-state index in [-0.39, 0.29) is 0 Å². The van der Waals surface area contributed by atoms with Gasteiger partial charge in [0.15, 0.2) is 0 Å². The third-order valence-electron chi connectivity index (χ3n) is 6.23. The van der Waals surface area contributed by atoms with Gasteiger partial charge in [-0.15, -0.1) is 0 Å². The molecule has 0 bridgehead atoms. The number of hydrogen-bond acceptors (Lipinski definition) is 2. The molecule has 2 atom stereocenters. The first kappa shape index (κ1) is 14.8. The maximum Gasteiger partial charge on any atom is 0.0247 e. The summed E-state index contributed by atoms with van der Waals surface area (Å²) < 4.78 is 0. The summed E-state index contributed by atoms with van der Waals surface area (Å²) in [7, 11) is 0. The molecule has 2 saturated carbocycles. The lowest BCUT2D eigenvalue weighted by Crippen LogP contribution is -2.64. The summed E-state index contributed by atoms with van der Waals surface area (Å²) in [6.45, 7) is 9.78. The first-order chi connectivity index (χ1) is 9.65. The van der Waals surface area contributed by atoms with E-state index in [1.165, 1.54) is 58.0 Å². The molecule has 1 N–H and O–H groups in total. The van der Waals surface area contributed by atoms with Gasteiger partial charge < -0.3 is 5.32 Å².